The van der Waals surface area contributed by atoms with E-state index in [-0.39, 0.29) is 24.0 Å². The number of hydrogen-bond acceptors (Lipinski definition) is 4. The minimum Gasteiger partial charge on any atom is -0.364 e. The number of aryl methyl sites for hydroxylation is 1. The van der Waals surface area contributed by atoms with Crippen molar-refractivity contribution < 1.29 is 18.0 Å². The molecule has 1 amide bonds. The Balaban J connectivity index is 1.51. The molecule has 3 heterocycles. The highest BCUT2D eigenvalue weighted by Crippen LogP contribution is 2.40. The van der Waals surface area contributed by atoms with Gasteiger partial charge < -0.3 is 10.2 Å². The minimum atomic E-state index is -4.51. The van der Waals surface area contributed by atoms with Gasteiger partial charge in [0.2, 0.25) is 0 Å². The van der Waals surface area contributed by atoms with Crippen LogP contribution in [0, 0.1) is 10.5 Å². The van der Waals surface area contributed by atoms with Gasteiger partial charge in [0.1, 0.15) is 5.82 Å². The van der Waals surface area contributed by atoms with Crippen LogP contribution < -0.4 is 5.32 Å². The fourth-order valence-corrected chi connectivity index (χ4v) is 4.74. The predicted octanol–water partition coefficient (Wildman–Crippen LogP) is 4.27. The first-order valence-corrected chi connectivity index (χ1v) is 10.1. The van der Waals surface area contributed by atoms with Crippen molar-refractivity contribution >= 4 is 34.3 Å². The van der Waals surface area contributed by atoms with Crippen molar-refractivity contribution in [2.24, 2.45) is 0 Å². The van der Waals surface area contributed by atoms with Crippen LogP contribution in [0.1, 0.15) is 40.9 Å². The zero-order chi connectivity index (χ0) is 20.1. The average molecular weight is 502 g/mol. The zero-order valence-electron chi connectivity index (χ0n) is 15.0. The van der Waals surface area contributed by atoms with Gasteiger partial charge in [-0.25, -0.2) is 9.97 Å². The lowest BCUT2D eigenvalue weighted by atomic mass is 9.95. The molecule has 2 fully saturated rings. The Kier molecular flexibility index (Phi) is 4.96. The summed E-state index contributed by atoms with van der Waals surface area (Å²) in [5.74, 6) is 0.312. The number of fused-ring (bicyclic) bond motifs is 2. The molecule has 4 rings (SSSR count). The van der Waals surface area contributed by atoms with Gasteiger partial charge in [-0.1, -0.05) is 12.1 Å². The maximum Gasteiger partial charge on any atom is 0.434 e. The van der Waals surface area contributed by atoms with Crippen molar-refractivity contribution in [2.75, 3.05) is 5.32 Å². The highest BCUT2D eigenvalue weighted by Gasteiger charge is 2.49. The van der Waals surface area contributed by atoms with Gasteiger partial charge in [-0.05, 0) is 60.4 Å². The number of alkyl halides is 3. The Morgan fingerprint density at radius 1 is 1.25 bits per heavy atom. The van der Waals surface area contributed by atoms with Crippen molar-refractivity contribution in [3.63, 3.8) is 0 Å². The predicted molar refractivity (Wildman–Crippen MR) is 106 cm³/mol. The van der Waals surface area contributed by atoms with E-state index in [1.807, 2.05) is 30.0 Å². The van der Waals surface area contributed by atoms with Crippen LogP contribution in [0.3, 0.4) is 0 Å². The standard InChI is InChI=1S/C19H18F3IN4O/c1-10-3-2-4-12(17(10)23)18(28)27-11-5-6-14(27)13(7-11)26-16-9-24-15(8-25-16)19(20,21)22/h2-4,8-9,11,13-14H,5-7H2,1H3,(H,25,26)/t11-,13-,14+/m1/s1. The number of carbonyl (C=O) groups excluding carboxylic acids is 1. The van der Waals surface area contributed by atoms with Crippen molar-refractivity contribution in [3.05, 3.63) is 51.0 Å². The van der Waals surface area contributed by atoms with Crippen LogP contribution in [-0.4, -0.2) is 38.9 Å². The maximum absolute atomic E-state index is 13.2. The first-order chi connectivity index (χ1) is 13.3. The molecular weight excluding hydrogens is 484 g/mol. The third-order valence-corrected chi connectivity index (χ3v) is 6.90. The van der Waals surface area contributed by atoms with Crippen LogP contribution in [-0.2, 0) is 6.18 Å². The van der Waals surface area contributed by atoms with Crippen molar-refractivity contribution in [3.8, 4) is 0 Å². The van der Waals surface area contributed by atoms with Gasteiger partial charge in [-0.3, -0.25) is 4.79 Å². The number of aromatic nitrogens is 2. The molecule has 1 N–H and O–H groups in total. The van der Waals surface area contributed by atoms with E-state index >= 15 is 0 Å². The summed E-state index contributed by atoms with van der Waals surface area (Å²) in [6.07, 6.45) is -0.119. The Labute approximate surface area is 173 Å². The summed E-state index contributed by atoms with van der Waals surface area (Å²) >= 11 is 2.20. The topological polar surface area (TPSA) is 58.1 Å². The molecule has 2 bridgehead atoms. The fraction of sp³-hybridized carbons (Fsp3) is 0.421. The number of nitrogens with zero attached hydrogens (tertiary/aromatic N) is 3. The van der Waals surface area contributed by atoms with E-state index in [1.165, 1.54) is 0 Å². The van der Waals surface area contributed by atoms with Crippen LogP contribution in [0.2, 0.25) is 0 Å². The number of rotatable bonds is 3. The SMILES string of the molecule is Cc1cccc(C(=O)N2[C@@H]3CC[C@H]2[C@H](Nc2cnc(C(F)(F)F)cn2)C3)c1I. The average Bonchev–Trinajstić information content (AvgIpc) is 3.21. The van der Waals surface area contributed by atoms with Crippen LogP contribution >= 0.6 is 22.6 Å². The summed E-state index contributed by atoms with van der Waals surface area (Å²) in [5.41, 5.74) is 0.747. The van der Waals surface area contributed by atoms with E-state index in [1.54, 1.807) is 0 Å². The zero-order valence-corrected chi connectivity index (χ0v) is 17.2. The second-order valence-corrected chi connectivity index (χ2v) is 8.30. The van der Waals surface area contributed by atoms with Crippen LogP contribution in [0.25, 0.3) is 0 Å². The molecule has 1 aromatic heterocycles. The van der Waals surface area contributed by atoms with E-state index in [0.29, 0.717) is 11.4 Å². The Hall–Kier alpha value is -1.91. The molecule has 1 aromatic carbocycles. The van der Waals surface area contributed by atoms with Crippen LogP contribution in [0.15, 0.2) is 30.6 Å². The summed E-state index contributed by atoms with van der Waals surface area (Å²) in [4.78, 5) is 22.4. The minimum absolute atomic E-state index is 0.00194. The molecule has 2 aliphatic rings. The number of nitrogens with one attached hydrogen (secondary N) is 1. The quantitative estimate of drug-likeness (QED) is 0.638. The third-order valence-electron chi connectivity index (χ3n) is 5.47. The van der Waals surface area contributed by atoms with E-state index < -0.39 is 11.9 Å². The largest absolute Gasteiger partial charge is 0.434 e. The molecule has 0 radical (unpaired) electrons. The van der Waals surface area contributed by atoms with E-state index in [2.05, 4.69) is 37.9 Å². The number of benzene rings is 1. The smallest absolute Gasteiger partial charge is 0.364 e. The summed E-state index contributed by atoms with van der Waals surface area (Å²) in [7, 11) is 0. The first kappa shape index (κ1) is 19.4. The molecule has 148 valence electrons. The Bertz CT molecular complexity index is 903. The van der Waals surface area contributed by atoms with Gasteiger partial charge in [0, 0.05) is 9.61 Å². The molecule has 0 aliphatic carbocycles. The molecule has 9 heteroatoms. The van der Waals surface area contributed by atoms with Crippen molar-refractivity contribution in [1.82, 2.24) is 14.9 Å². The van der Waals surface area contributed by atoms with Gasteiger partial charge in [-0.15, -0.1) is 0 Å². The normalized spacial score (nSPS) is 23.9. The van der Waals surface area contributed by atoms with E-state index in [4.69, 9.17) is 0 Å². The lowest BCUT2D eigenvalue weighted by Crippen LogP contribution is -2.40. The second kappa shape index (κ2) is 7.16. The molecule has 0 unspecified atom stereocenters. The van der Waals surface area contributed by atoms with E-state index in [9.17, 15) is 18.0 Å². The highest BCUT2D eigenvalue weighted by molar-refractivity contribution is 14.1. The fourth-order valence-electron chi connectivity index (χ4n) is 4.15. The van der Waals surface area contributed by atoms with Gasteiger partial charge in [0.15, 0.2) is 5.69 Å². The van der Waals surface area contributed by atoms with Gasteiger partial charge in [0.25, 0.3) is 5.91 Å². The second-order valence-electron chi connectivity index (χ2n) is 7.22. The van der Waals surface area contributed by atoms with Crippen molar-refractivity contribution in [2.45, 2.75) is 50.5 Å². The highest BCUT2D eigenvalue weighted by atomic mass is 127. The monoisotopic (exact) mass is 502 g/mol. The molecular formula is C19H18F3IN4O. The summed E-state index contributed by atoms with van der Waals surface area (Å²) in [6.45, 7) is 1.98. The Morgan fingerprint density at radius 2 is 2.04 bits per heavy atom. The number of amides is 1. The molecule has 0 saturated carbocycles. The summed E-state index contributed by atoms with van der Waals surface area (Å²) < 4.78 is 38.9. The lowest BCUT2D eigenvalue weighted by molar-refractivity contribution is -0.141. The molecule has 2 saturated heterocycles. The van der Waals surface area contributed by atoms with Gasteiger partial charge in [-0.2, -0.15) is 13.2 Å². The molecule has 2 aliphatic heterocycles. The first-order valence-electron chi connectivity index (χ1n) is 8.99. The van der Waals surface area contributed by atoms with Crippen LogP contribution in [0.4, 0.5) is 19.0 Å². The van der Waals surface area contributed by atoms with Gasteiger partial charge >= 0.3 is 6.18 Å². The number of carbonyl (C=O) groups is 1. The molecule has 0 spiro atoms. The summed E-state index contributed by atoms with van der Waals surface area (Å²) in [5, 5.41) is 3.18. The van der Waals surface area contributed by atoms with Crippen molar-refractivity contribution in [1.29, 1.82) is 0 Å². The number of halogens is 4. The van der Waals surface area contributed by atoms with Gasteiger partial charge in [0.05, 0.1) is 30.0 Å². The third kappa shape index (κ3) is 3.44. The van der Waals surface area contributed by atoms with E-state index in [0.717, 1.165) is 40.8 Å². The summed E-state index contributed by atoms with van der Waals surface area (Å²) in [6, 6.07) is 5.79. The molecule has 3 atom stereocenters. The Morgan fingerprint density at radius 3 is 2.71 bits per heavy atom. The van der Waals surface area contributed by atoms with Crippen LogP contribution in [0.5, 0.6) is 0 Å². The molecule has 28 heavy (non-hydrogen) atoms. The molecule has 2 aromatic rings. The molecule has 5 nitrogen and oxygen atoms in total. The number of hydrogen-bond donors (Lipinski definition) is 1. The number of anilines is 1. The lowest BCUT2D eigenvalue weighted by Gasteiger charge is -2.26. The maximum atomic E-state index is 13.2.